The molecule has 19 heavy (non-hydrogen) atoms. The Labute approximate surface area is 119 Å². The van der Waals surface area contributed by atoms with Crippen LogP contribution < -0.4 is 0 Å². The molecule has 1 aliphatic rings. The SMILES string of the molecule is CCC1CCCCC1C(O)CSc1cccc(F)c1. The smallest absolute Gasteiger partial charge is 0.124 e. The van der Waals surface area contributed by atoms with Crippen LogP contribution in [0.25, 0.3) is 0 Å². The van der Waals surface area contributed by atoms with Gasteiger partial charge in [-0.2, -0.15) is 0 Å². The lowest BCUT2D eigenvalue weighted by molar-refractivity contribution is 0.0629. The molecule has 1 nitrogen and oxygen atoms in total. The summed E-state index contributed by atoms with van der Waals surface area (Å²) in [5.41, 5.74) is 0. The number of rotatable bonds is 5. The zero-order chi connectivity index (χ0) is 13.7. The fourth-order valence-electron chi connectivity index (χ4n) is 3.11. The van der Waals surface area contributed by atoms with Crippen molar-refractivity contribution in [1.82, 2.24) is 0 Å². The first-order valence-electron chi connectivity index (χ1n) is 7.27. The average molecular weight is 282 g/mol. The Kier molecular flexibility index (Phi) is 5.71. The second kappa shape index (κ2) is 7.30. The van der Waals surface area contributed by atoms with Gasteiger partial charge in [-0.3, -0.25) is 0 Å². The van der Waals surface area contributed by atoms with E-state index >= 15 is 0 Å². The van der Waals surface area contributed by atoms with Crippen molar-refractivity contribution in [1.29, 1.82) is 0 Å². The first-order valence-corrected chi connectivity index (χ1v) is 8.25. The van der Waals surface area contributed by atoms with E-state index in [0.717, 1.165) is 17.7 Å². The minimum Gasteiger partial charge on any atom is -0.392 e. The normalized spacial score (nSPS) is 25.2. The highest BCUT2D eigenvalue weighted by atomic mass is 32.2. The topological polar surface area (TPSA) is 20.2 Å². The van der Waals surface area contributed by atoms with Crippen molar-refractivity contribution < 1.29 is 9.50 Å². The van der Waals surface area contributed by atoms with E-state index < -0.39 is 0 Å². The number of hydrogen-bond acceptors (Lipinski definition) is 2. The van der Waals surface area contributed by atoms with Gasteiger partial charge in [-0.05, 0) is 36.5 Å². The first kappa shape index (κ1) is 14.9. The van der Waals surface area contributed by atoms with Crippen LogP contribution in [-0.4, -0.2) is 17.0 Å². The minimum atomic E-state index is -0.265. The standard InChI is InChI=1S/C16H23FOS/c1-2-12-6-3-4-9-15(12)16(18)11-19-14-8-5-7-13(17)10-14/h5,7-8,10,12,15-16,18H,2-4,6,9,11H2,1H3. The summed E-state index contributed by atoms with van der Waals surface area (Å²) in [5, 5.41) is 10.4. The van der Waals surface area contributed by atoms with Gasteiger partial charge in [0.05, 0.1) is 6.10 Å². The Morgan fingerprint density at radius 3 is 2.89 bits per heavy atom. The van der Waals surface area contributed by atoms with Crippen LogP contribution in [0.1, 0.15) is 39.0 Å². The number of aliphatic hydroxyl groups is 1. The summed E-state index contributed by atoms with van der Waals surface area (Å²) in [7, 11) is 0. The summed E-state index contributed by atoms with van der Waals surface area (Å²) < 4.78 is 13.1. The second-order valence-electron chi connectivity index (χ2n) is 5.45. The zero-order valence-electron chi connectivity index (χ0n) is 11.5. The summed E-state index contributed by atoms with van der Waals surface area (Å²) >= 11 is 1.56. The highest BCUT2D eigenvalue weighted by Crippen LogP contribution is 2.36. The number of benzene rings is 1. The van der Waals surface area contributed by atoms with Gasteiger partial charge in [0.1, 0.15) is 5.82 Å². The quantitative estimate of drug-likeness (QED) is 0.803. The van der Waals surface area contributed by atoms with Gasteiger partial charge >= 0.3 is 0 Å². The van der Waals surface area contributed by atoms with Crippen molar-refractivity contribution in [2.45, 2.75) is 50.0 Å². The summed E-state index contributed by atoms with van der Waals surface area (Å²) in [6.45, 7) is 2.22. The van der Waals surface area contributed by atoms with Crippen LogP contribution >= 0.6 is 11.8 Å². The third-order valence-corrected chi connectivity index (χ3v) is 5.30. The third-order valence-electron chi connectivity index (χ3n) is 4.20. The summed E-state index contributed by atoms with van der Waals surface area (Å²) in [4.78, 5) is 0.905. The third kappa shape index (κ3) is 4.22. The molecule has 1 saturated carbocycles. The van der Waals surface area contributed by atoms with Crippen LogP contribution in [0.3, 0.4) is 0 Å². The van der Waals surface area contributed by atoms with Crippen molar-refractivity contribution in [3.05, 3.63) is 30.1 Å². The van der Waals surface area contributed by atoms with Gasteiger partial charge in [0, 0.05) is 10.6 Å². The van der Waals surface area contributed by atoms with Crippen molar-refractivity contribution >= 4 is 11.8 Å². The fourth-order valence-corrected chi connectivity index (χ4v) is 4.09. The maximum Gasteiger partial charge on any atom is 0.124 e. The molecule has 3 atom stereocenters. The monoisotopic (exact) mass is 282 g/mol. The van der Waals surface area contributed by atoms with E-state index in [9.17, 15) is 9.50 Å². The molecular formula is C16H23FOS. The second-order valence-corrected chi connectivity index (χ2v) is 6.55. The van der Waals surface area contributed by atoms with Gasteiger partial charge in [-0.25, -0.2) is 4.39 Å². The lowest BCUT2D eigenvalue weighted by atomic mass is 9.75. The van der Waals surface area contributed by atoms with Gasteiger partial charge in [0.2, 0.25) is 0 Å². The fraction of sp³-hybridized carbons (Fsp3) is 0.625. The van der Waals surface area contributed by atoms with Crippen LogP contribution in [0.2, 0.25) is 0 Å². The number of halogens is 1. The Morgan fingerprint density at radius 2 is 2.16 bits per heavy atom. The van der Waals surface area contributed by atoms with Gasteiger partial charge in [0.25, 0.3) is 0 Å². The van der Waals surface area contributed by atoms with Crippen LogP contribution in [0.5, 0.6) is 0 Å². The molecule has 1 fully saturated rings. The molecule has 0 saturated heterocycles. The van der Waals surface area contributed by atoms with Gasteiger partial charge in [-0.15, -0.1) is 11.8 Å². The van der Waals surface area contributed by atoms with Crippen LogP contribution in [0.4, 0.5) is 4.39 Å². The maximum absolute atomic E-state index is 13.1. The molecule has 3 unspecified atom stereocenters. The van der Waals surface area contributed by atoms with Crippen LogP contribution in [-0.2, 0) is 0 Å². The first-order chi connectivity index (χ1) is 9.20. The summed E-state index contributed by atoms with van der Waals surface area (Å²) in [6, 6.07) is 6.61. The average Bonchev–Trinajstić information content (AvgIpc) is 2.45. The molecule has 0 amide bonds. The summed E-state index contributed by atoms with van der Waals surface area (Å²) in [6.07, 6.45) is 5.83. The lowest BCUT2D eigenvalue weighted by Gasteiger charge is -2.34. The molecular weight excluding hydrogens is 259 g/mol. The predicted octanol–water partition coefficient (Wildman–Crippen LogP) is 4.50. The van der Waals surface area contributed by atoms with Crippen molar-refractivity contribution in [3.63, 3.8) is 0 Å². The van der Waals surface area contributed by atoms with E-state index in [0.29, 0.717) is 17.6 Å². The molecule has 106 valence electrons. The molecule has 1 aromatic rings. The predicted molar refractivity (Wildman–Crippen MR) is 78.9 cm³/mol. The Morgan fingerprint density at radius 1 is 1.37 bits per heavy atom. The zero-order valence-corrected chi connectivity index (χ0v) is 12.3. The summed E-state index contributed by atoms with van der Waals surface area (Å²) in [5.74, 6) is 1.56. The van der Waals surface area contributed by atoms with E-state index in [-0.39, 0.29) is 11.9 Å². The molecule has 0 aromatic heterocycles. The Hall–Kier alpha value is -0.540. The number of aliphatic hydroxyl groups excluding tert-OH is 1. The van der Waals surface area contributed by atoms with E-state index in [2.05, 4.69) is 6.92 Å². The van der Waals surface area contributed by atoms with Crippen molar-refractivity contribution in [2.75, 3.05) is 5.75 Å². The molecule has 1 aliphatic carbocycles. The van der Waals surface area contributed by atoms with Crippen LogP contribution in [0.15, 0.2) is 29.2 Å². The van der Waals surface area contributed by atoms with Gasteiger partial charge in [-0.1, -0.05) is 38.7 Å². The lowest BCUT2D eigenvalue weighted by Crippen LogP contribution is -2.32. The van der Waals surface area contributed by atoms with Gasteiger partial charge < -0.3 is 5.11 Å². The molecule has 0 spiro atoms. The number of thioether (sulfide) groups is 1. The molecule has 1 N–H and O–H groups in total. The highest BCUT2D eigenvalue weighted by molar-refractivity contribution is 7.99. The largest absolute Gasteiger partial charge is 0.392 e. The molecule has 1 aromatic carbocycles. The van der Waals surface area contributed by atoms with Crippen molar-refractivity contribution in [3.8, 4) is 0 Å². The van der Waals surface area contributed by atoms with E-state index in [1.54, 1.807) is 17.8 Å². The molecule has 0 radical (unpaired) electrons. The Bertz CT molecular complexity index is 396. The Balaban J connectivity index is 1.87. The maximum atomic E-state index is 13.1. The minimum absolute atomic E-state index is 0.205. The van der Waals surface area contributed by atoms with Crippen LogP contribution in [0, 0.1) is 17.7 Å². The number of hydrogen-bond donors (Lipinski definition) is 1. The molecule has 0 bridgehead atoms. The highest BCUT2D eigenvalue weighted by Gasteiger charge is 2.29. The molecule has 3 heteroatoms. The molecule has 0 heterocycles. The van der Waals surface area contributed by atoms with Gasteiger partial charge in [0.15, 0.2) is 0 Å². The molecule has 0 aliphatic heterocycles. The van der Waals surface area contributed by atoms with E-state index in [1.165, 1.54) is 31.4 Å². The molecule has 2 rings (SSSR count). The van der Waals surface area contributed by atoms with Crippen molar-refractivity contribution in [2.24, 2.45) is 11.8 Å². The van der Waals surface area contributed by atoms with E-state index in [4.69, 9.17) is 0 Å². The van der Waals surface area contributed by atoms with E-state index in [1.807, 2.05) is 6.07 Å².